The number of hydrogen-bond acceptors (Lipinski definition) is 3. The third kappa shape index (κ3) is 2.81. The average Bonchev–Trinajstić information content (AvgIpc) is 2.64. The summed E-state index contributed by atoms with van der Waals surface area (Å²) in [4.78, 5) is 1.99. The van der Waals surface area contributed by atoms with Crippen LogP contribution in [0.5, 0.6) is 0 Å². The van der Waals surface area contributed by atoms with Gasteiger partial charge in [-0.05, 0) is 19.0 Å². The van der Waals surface area contributed by atoms with Gasteiger partial charge in [0, 0.05) is 25.2 Å². The molecule has 0 saturated carbocycles. The van der Waals surface area contributed by atoms with Gasteiger partial charge in [0.25, 0.3) is 0 Å². The minimum Gasteiger partial charge on any atom is -0.315 e. The Kier molecular flexibility index (Phi) is 4.54. The van der Waals surface area contributed by atoms with Gasteiger partial charge in [0.1, 0.15) is 11.9 Å². The van der Waals surface area contributed by atoms with E-state index in [2.05, 4.69) is 11.4 Å². The molecule has 1 aromatic rings. The van der Waals surface area contributed by atoms with E-state index >= 15 is 0 Å². The van der Waals surface area contributed by atoms with E-state index in [9.17, 15) is 9.65 Å². The number of halogens is 2. The Morgan fingerprint density at radius 3 is 3.00 bits per heavy atom. The highest BCUT2D eigenvalue weighted by atomic mass is 35.5. The maximum atomic E-state index is 14.0. The molecule has 0 spiro atoms. The first-order valence-corrected chi connectivity index (χ1v) is 6.40. The highest BCUT2D eigenvalue weighted by Crippen LogP contribution is 2.27. The molecule has 1 atom stereocenters. The van der Waals surface area contributed by atoms with E-state index in [0.29, 0.717) is 5.56 Å². The zero-order valence-electron chi connectivity index (χ0n) is 10.00. The predicted molar refractivity (Wildman–Crippen MR) is 68.8 cm³/mol. The van der Waals surface area contributed by atoms with Gasteiger partial charge < -0.3 is 5.32 Å². The topological polar surface area (TPSA) is 39.1 Å². The largest absolute Gasteiger partial charge is 0.315 e. The zero-order valence-corrected chi connectivity index (χ0v) is 10.8. The van der Waals surface area contributed by atoms with Gasteiger partial charge in [-0.15, -0.1) is 0 Å². The molecule has 0 amide bonds. The van der Waals surface area contributed by atoms with Gasteiger partial charge >= 0.3 is 0 Å². The van der Waals surface area contributed by atoms with E-state index in [-0.39, 0.29) is 5.02 Å². The van der Waals surface area contributed by atoms with Crippen LogP contribution in [-0.2, 0) is 0 Å². The normalized spacial score (nSPS) is 18.9. The summed E-state index contributed by atoms with van der Waals surface area (Å²) in [6.45, 7) is 3.29. The van der Waals surface area contributed by atoms with E-state index in [1.807, 2.05) is 4.90 Å². The lowest BCUT2D eigenvalue weighted by Gasteiger charge is -2.25. The standard InChI is InChI=1S/C13H15ClFN3/c14-11-4-1-3-10(13(11)15)12(9-16)18-7-2-5-17-6-8-18/h1,3-4,12,17H,2,5-8H2. The van der Waals surface area contributed by atoms with Crippen molar-refractivity contribution >= 4 is 11.6 Å². The fourth-order valence-corrected chi connectivity index (χ4v) is 2.39. The summed E-state index contributed by atoms with van der Waals surface area (Å²) in [6, 6.07) is 6.43. The summed E-state index contributed by atoms with van der Waals surface area (Å²) >= 11 is 5.77. The number of nitrogens with one attached hydrogen (secondary N) is 1. The highest BCUT2D eigenvalue weighted by molar-refractivity contribution is 6.30. The third-order valence-electron chi connectivity index (χ3n) is 3.14. The lowest BCUT2D eigenvalue weighted by atomic mass is 10.1. The Morgan fingerprint density at radius 1 is 1.39 bits per heavy atom. The van der Waals surface area contributed by atoms with Gasteiger partial charge in [0.15, 0.2) is 0 Å². The van der Waals surface area contributed by atoms with Crippen LogP contribution in [-0.4, -0.2) is 31.1 Å². The maximum absolute atomic E-state index is 14.0. The molecule has 3 nitrogen and oxygen atoms in total. The molecule has 1 aromatic carbocycles. The Balaban J connectivity index is 2.27. The van der Waals surface area contributed by atoms with Crippen LogP contribution in [0.2, 0.25) is 5.02 Å². The second kappa shape index (κ2) is 6.14. The number of rotatable bonds is 2. The summed E-state index contributed by atoms with van der Waals surface area (Å²) in [5.41, 5.74) is 0.368. The van der Waals surface area contributed by atoms with Crippen molar-refractivity contribution in [2.24, 2.45) is 0 Å². The molecule has 18 heavy (non-hydrogen) atoms. The van der Waals surface area contributed by atoms with Gasteiger partial charge in [0.2, 0.25) is 0 Å². The van der Waals surface area contributed by atoms with Crippen LogP contribution in [0.1, 0.15) is 18.0 Å². The molecule has 1 aliphatic heterocycles. The van der Waals surface area contributed by atoms with E-state index in [1.54, 1.807) is 12.1 Å². The van der Waals surface area contributed by atoms with Crippen molar-refractivity contribution in [1.82, 2.24) is 10.2 Å². The van der Waals surface area contributed by atoms with Gasteiger partial charge in [-0.1, -0.05) is 23.7 Å². The monoisotopic (exact) mass is 267 g/mol. The van der Waals surface area contributed by atoms with Gasteiger partial charge in [-0.2, -0.15) is 5.26 Å². The number of nitriles is 1. The van der Waals surface area contributed by atoms with Crippen molar-refractivity contribution in [3.8, 4) is 6.07 Å². The summed E-state index contributed by atoms with van der Waals surface area (Å²) < 4.78 is 14.0. The van der Waals surface area contributed by atoms with Crippen LogP contribution in [0.3, 0.4) is 0 Å². The quantitative estimate of drug-likeness (QED) is 0.894. The van der Waals surface area contributed by atoms with E-state index in [1.165, 1.54) is 6.07 Å². The average molecular weight is 268 g/mol. The first-order valence-electron chi connectivity index (χ1n) is 6.02. The predicted octanol–water partition coefficient (Wildman–Crippen LogP) is 2.34. The molecule has 1 saturated heterocycles. The highest BCUT2D eigenvalue weighted by Gasteiger charge is 2.24. The van der Waals surface area contributed by atoms with E-state index < -0.39 is 11.9 Å². The van der Waals surface area contributed by atoms with Crippen molar-refractivity contribution in [2.75, 3.05) is 26.2 Å². The Bertz CT molecular complexity index is 450. The van der Waals surface area contributed by atoms with E-state index in [4.69, 9.17) is 11.6 Å². The summed E-state index contributed by atoms with van der Waals surface area (Å²) in [5.74, 6) is -0.483. The SMILES string of the molecule is N#CC(c1cccc(Cl)c1F)N1CCCNCC1. The Labute approximate surface area is 111 Å². The van der Waals surface area contributed by atoms with Crippen molar-refractivity contribution in [3.05, 3.63) is 34.6 Å². The lowest BCUT2D eigenvalue weighted by molar-refractivity contribution is 0.248. The number of hydrogen-bond donors (Lipinski definition) is 1. The molecule has 0 aromatic heterocycles. The summed E-state index contributed by atoms with van der Waals surface area (Å²) in [5, 5.41) is 12.6. The van der Waals surface area contributed by atoms with Gasteiger partial charge in [-0.25, -0.2) is 4.39 Å². The minimum atomic E-state index is -0.566. The second-order valence-electron chi connectivity index (χ2n) is 4.31. The summed E-state index contributed by atoms with van der Waals surface area (Å²) in [7, 11) is 0. The van der Waals surface area contributed by atoms with Crippen molar-refractivity contribution in [3.63, 3.8) is 0 Å². The van der Waals surface area contributed by atoms with Crippen LogP contribution in [0, 0.1) is 17.1 Å². The van der Waals surface area contributed by atoms with Gasteiger partial charge in [-0.3, -0.25) is 4.90 Å². The van der Waals surface area contributed by atoms with Crippen LogP contribution >= 0.6 is 11.6 Å². The molecular weight excluding hydrogens is 253 g/mol. The maximum Gasteiger partial charge on any atom is 0.147 e. The fourth-order valence-electron chi connectivity index (χ4n) is 2.20. The van der Waals surface area contributed by atoms with Crippen molar-refractivity contribution < 1.29 is 4.39 Å². The molecule has 1 aliphatic rings. The molecule has 1 N–H and O–H groups in total. The molecule has 2 rings (SSSR count). The molecule has 0 bridgehead atoms. The third-order valence-corrected chi connectivity index (χ3v) is 3.43. The molecule has 0 aliphatic carbocycles. The first kappa shape index (κ1) is 13.3. The van der Waals surface area contributed by atoms with Crippen LogP contribution in [0.4, 0.5) is 4.39 Å². The molecule has 1 unspecified atom stereocenters. The van der Waals surface area contributed by atoms with Crippen LogP contribution in [0.15, 0.2) is 18.2 Å². The van der Waals surface area contributed by atoms with E-state index in [0.717, 1.165) is 32.6 Å². The Hall–Kier alpha value is -1.15. The summed E-state index contributed by atoms with van der Waals surface area (Å²) in [6.07, 6.45) is 0.959. The van der Waals surface area contributed by atoms with Crippen molar-refractivity contribution in [1.29, 1.82) is 5.26 Å². The van der Waals surface area contributed by atoms with Crippen LogP contribution in [0.25, 0.3) is 0 Å². The molecule has 1 heterocycles. The van der Waals surface area contributed by atoms with Crippen LogP contribution < -0.4 is 5.32 Å². The zero-order chi connectivity index (χ0) is 13.0. The minimum absolute atomic E-state index is 0.0701. The molecule has 0 radical (unpaired) electrons. The Morgan fingerprint density at radius 2 is 2.22 bits per heavy atom. The van der Waals surface area contributed by atoms with Crippen molar-refractivity contribution in [2.45, 2.75) is 12.5 Å². The second-order valence-corrected chi connectivity index (χ2v) is 4.72. The fraction of sp³-hybridized carbons (Fsp3) is 0.462. The lowest BCUT2D eigenvalue weighted by Crippen LogP contribution is -2.32. The molecule has 96 valence electrons. The molecule has 1 fully saturated rings. The molecular formula is C13H15ClFN3. The number of nitrogens with zero attached hydrogens (tertiary/aromatic N) is 2. The molecule has 5 heteroatoms. The first-order chi connectivity index (χ1) is 8.74. The number of benzene rings is 1. The smallest absolute Gasteiger partial charge is 0.147 e. The van der Waals surface area contributed by atoms with Gasteiger partial charge in [0.05, 0.1) is 11.1 Å².